The highest BCUT2D eigenvalue weighted by atomic mass is 16.5. The summed E-state index contributed by atoms with van der Waals surface area (Å²) >= 11 is 0. The second-order valence-corrected chi connectivity index (χ2v) is 7.75. The van der Waals surface area contributed by atoms with Crippen molar-refractivity contribution in [1.82, 2.24) is 19.9 Å². The maximum Gasteiger partial charge on any atom is 0.163 e. The zero-order valence-corrected chi connectivity index (χ0v) is 17.3. The highest BCUT2D eigenvalue weighted by Crippen LogP contribution is 2.24. The van der Waals surface area contributed by atoms with Crippen molar-refractivity contribution in [2.45, 2.75) is 12.6 Å². The van der Waals surface area contributed by atoms with Crippen LogP contribution in [0.15, 0.2) is 79.1 Å². The molecular formula is C25H25N5O. The van der Waals surface area contributed by atoms with Crippen LogP contribution in [0.3, 0.4) is 0 Å². The monoisotopic (exact) mass is 411 g/mol. The van der Waals surface area contributed by atoms with Crippen molar-refractivity contribution in [3.8, 4) is 11.4 Å². The Morgan fingerprint density at radius 1 is 0.968 bits per heavy atom. The second kappa shape index (κ2) is 9.20. The Balaban J connectivity index is 1.32. The fourth-order valence-electron chi connectivity index (χ4n) is 3.94. The number of nitrogens with one attached hydrogen (secondary N) is 1. The van der Waals surface area contributed by atoms with E-state index in [0.717, 1.165) is 48.5 Å². The molecular weight excluding hydrogens is 386 g/mol. The molecule has 1 saturated heterocycles. The van der Waals surface area contributed by atoms with E-state index in [2.05, 4.69) is 45.5 Å². The number of benzene rings is 2. The van der Waals surface area contributed by atoms with Crippen LogP contribution in [-0.4, -0.2) is 52.2 Å². The number of anilines is 1. The van der Waals surface area contributed by atoms with E-state index in [9.17, 15) is 0 Å². The van der Waals surface area contributed by atoms with E-state index in [1.54, 1.807) is 12.4 Å². The number of hydrogen-bond acceptors (Lipinski definition) is 6. The first kappa shape index (κ1) is 19.6. The number of rotatable bonds is 6. The smallest absolute Gasteiger partial charge is 0.163 e. The van der Waals surface area contributed by atoms with E-state index in [1.807, 2.05) is 36.4 Å². The van der Waals surface area contributed by atoms with Crippen LogP contribution in [0.25, 0.3) is 22.3 Å². The Kier molecular flexibility index (Phi) is 5.82. The van der Waals surface area contributed by atoms with Gasteiger partial charge in [-0.2, -0.15) is 0 Å². The molecule has 3 heterocycles. The molecule has 156 valence electrons. The molecule has 6 nitrogen and oxygen atoms in total. The Labute approximate surface area is 181 Å². The quantitative estimate of drug-likeness (QED) is 0.517. The molecule has 1 aliphatic rings. The van der Waals surface area contributed by atoms with E-state index in [4.69, 9.17) is 14.7 Å². The third kappa shape index (κ3) is 4.71. The van der Waals surface area contributed by atoms with Gasteiger partial charge in [-0.1, -0.05) is 42.5 Å². The first-order valence-corrected chi connectivity index (χ1v) is 10.6. The Bertz CT molecular complexity index is 1140. The molecule has 2 aromatic carbocycles. The summed E-state index contributed by atoms with van der Waals surface area (Å²) < 4.78 is 6.04. The molecule has 0 spiro atoms. The number of pyridine rings is 1. The predicted octanol–water partition coefficient (Wildman–Crippen LogP) is 4.00. The van der Waals surface area contributed by atoms with Crippen molar-refractivity contribution in [2.75, 3.05) is 31.6 Å². The second-order valence-electron chi connectivity index (χ2n) is 7.75. The van der Waals surface area contributed by atoms with Crippen molar-refractivity contribution < 1.29 is 4.74 Å². The van der Waals surface area contributed by atoms with Gasteiger partial charge in [-0.25, -0.2) is 9.97 Å². The third-order valence-corrected chi connectivity index (χ3v) is 5.49. The van der Waals surface area contributed by atoms with Gasteiger partial charge in [0.25, 0.3) is 0 Å². The predicted molar refractivity (Wildman–Crippen MR) is 123 cm³/mol. The molecule has 1 N–H and O–H groups in total. The minimum atomic E-state index is 0.105. The molecule has 6 heteroatoms. The normalized spacial score (nSPS) is 17.0. The summed E-state index contributed by atoms with van der Waals surface area (Å²) in [6, 6.07) is 22.5. The molecule has 0 unspecified atom stereocenters. The first-order chi connectivity index (χ1) is 15.3. The van der Waals surface area contributed by atoms with Gasteiger partial charge in [0.05, 0.1) is 18.2 Å². The standard InChI is InChI=1S/C25H25N5O/c1-2-7-19(8-3-1)17-30-13-14-31-21(18-30)16-27-25-22-10-4-5-11-23(22)28-24(29-25)20-9-6-12-26-15-20/h1-12,15,21H,13-14,16-18H2,(H,27,28,29)/t21-/m1/s1. The van der Waals surface area contributed by atoms with Crippen LogP contribution in [-0.2, 0) is 11.3 Å². The minimum Gasteiger partial charge on any atom is -0.374 e. The molecule has 2 aromatic heterocycles. The van der Waals surface area contributed by atoms with Crippen molar-refractivity contribution in [1.29, 1.82) is 0 Å². The van der Waals surface area contributed by atoms with E-state index < -0.39 is 0 Å². The molecule has 0 aliphatic carbocycles. The molecule has 0 amide bonds. The van der Waals surface area contributed by atoms with E-state index in [1.165, 1.54) is 5.56 Å². The van der Waals surface area contributed by atoms with Gasteiger partial charge in [0.1, 0.15) is 5.82 Å². The lowest BCUT2D eigenvalue weighted by Gasteiger charge is -2.33. The lowest BCUT2D eigenvalue weighted by Crippen LogP contribution is -2.44. The molecule has 1 atom stereocenters. The first-order valence-electron chi connectivity index (χ1n) is 10.6. The lowest BCUT2D eigenvalue weighted by molar-refractivity contribution is -0.0240. The van der Waals surface area contributed by atoms with E-state index in [0.29, 0.717) is 12.4 Å². The molecule has 1 fully saturated rings. The fraction of sp³-hybridized carbons (Fsp3) is 0.240. The molecule has 0 radical (unpaired) electrons. The number of morpholine rings is 1. The number of fused-ring (bicyclic) bond motifs is 1. The summed E-state index contributed by atoms with van der Waals surface area (Å²) in [5.41, 5.74) is 3.15. The number of para-hydroxylation sites is 1. The summed E-state index contributed by atoms with van der Waals surface area (Å²) in [7, 11) is 0. The van der Waals surface area contributed by atoms with Gasteiger partial charge in [0.15, 0.2) is 5.82 Å². The number of nitrogens with zero attached hydrogens (tertiary/aromatic N) is 4. The largest absolute Gasteiger partial charge is 0.374 e. The highest BCUT2D eigenvalue weighted by molar-refractivity contribution is 5.90. The summed E-state index contributed by atoms with van der Waals surface area (Å²) in [5.74, 6) is 1.50. The fourth-order valence-corrected chi connectivity index (χ4v) is 3.94. The van der Waals surface area contributed by atoms with Crippen molar-refractivity contribution in [2.24, 2.45) is 0 Å². The summed E-state index contributed by atoms with van der Waals surface area (Å²) in [5, 5.41) is 4.54. The van der Waals surface area contributed by atoms with Gasteiger partial charge in [-0.15, -0.1) is 0 Å². The van der Waals surface area contributed by atoms with Crippen molar-refractivity contribution in [3.05, 3.63) is 84.7 Å². The zero-order chi connectivity index (χ0) is 20.9. The maximum atomic E-state index is 6.04. The van der Waals surface area contributed by atoms with E-state index in [-0.39, 0.29) is 6.10 Å². The Hall–Kier alpha value is -3.35. The zero-order valence-electron chi connectivity index (χ0n) is 17.3. The minimum absolute atomic E-state index is 0.105. The third-order valence-electron chi connectivity index (χ3n) is 5.49. The molecule has 31 heavy (non-hydrogen) atoms. The maximum absolute atomic E-state index is 6.04. The van der Waals surface area contributed by atoms with Crippen LogP contribution in [0.1, 0.15) is 5.56 Å². The SMILES string of the molecule is c1ccc(CN2CCO[C@H](CNc3nc(-c4cccnc4)nc4ccccc34)C2)cc1. The van der Waals surface area contributed by atoms with Gasteiger partial charge in [0.2, 0.25) is 0 Å². The highest BCUT2D eigenvalue weighted by Gasteiger charge is 2.21. The average Bonchev–Trinajstić information content (AvgIpc) is 2.84. The van der Waals surface area contributed by atoms with Crippen LogP contribution in [0.4, 0.5) is 5.82 Å². The van der Waals surface area contributed by atoms with Crippen LogP contribution in [0, 0.1) is 0 Å². The number of hydrogen-bond donors (Lipinski definition) is 1. The Morgan fingerprint density at radius 2 is 1.84 bits per heavy atom. The van der Waals surface area contributed by atoms with Crippen LogP contribution in [0.2, 0.25) is 0 Å². The average molecular weight is 412 g/mol. The van der Waals surface area contributed by atoms with Gasteiger partial charge < -0.3 is 10.1 Å². The van der Waals surface area contributed by atoms with Gasteiger partial charge >= 0.3 is 0 Å². The molecule has 1 aliphatic heterocycles. The van der Waals surface area contributed by atoms with Gasteiger partial charge in [0, 0.05) is 49.5 Å². The number of aromatic nitrogens is 3. The lowest BCUT2D eigenvalue weighted by atomic mass is 10.2. The summed E-state index contributed by atoms with van der Waals surface area (Å²) in [4.78, 5) is 16.2. The van der Waals surface area contributed by atoms with E-state index >= 15 is 0 Å². The summed E-state index contributed by atoms with van der Waals surface area (Å²) in [6.07, 6.45) is 3.65. The van der Waals surface area contributed by atoms with Gasteiger partial charge in [-0.3, -0.25) is 9.88 Å². The van der Waals surface area contributed by atoms with Crippen molar-refractivity contribution in [3.63, 3.8) is 0 Å². The molecule has 5 rings (SSSR count). The van der Waals surface area contributed by atoms with Gasteiger partial charge in [-0.05, 0) is 29.8 Å². The Morgan fingerprint density at radius 3 is 2.71 bits per heavy atom. The topological polar surface area (TPSA) is 63.2 Å². The van der Waals surface area contributed by atoms with Crippen LogP contribution >= 0.6 is 0 Å². The van der Waals surface area contributed by atoms with Crippen LogP contribution in [0.5, 0.6) is 0 Å². The number of ether oxygens (including phenoxy) is 1. The van der Waals surface area contributed by atoms with Crippen molar-refractivity contribution >= 4 is 16.7 Å². The summed E-state index contributed by atoms with van der Waals surface area (Å²) in [6.45, 7) is 4.22. The molecule has 0 bridgehead atoms. The molecule has 4 aromatic rings. The molecule has 0 saturated carbocycles. The van der Waals surface area contributed by atoms with Crippen LogP contribution < -0.4 is 5.32 Å².